The van der Waals surface area contributed by atoms with Gasteiger partial charge in [-0.15, -0.1) is 11.8 Å². The maximum atomic E-state index is 11.6. The summed E-state index contributed by atoms with van der Waals surface area (Å²) in [7, 11) is 0. The molecule has 0 bridgehead atoms. The Morgan fingerprint density at radius 1 is 1.14 bits per heavy atom. The van der Waals surface area contributed by atoms with Gasteiger partial charge in [0.2, 0.25) is 6.79 Å². The number of hydrogen-bond acceptors (Lipinski definition) is 4. The van der Waals surface area contributed by atoms with Crippen molar-refractivity contribution in [2.75, 3.05) is 6.79 Å². The van der Waals surface area contributed by atoms with Gasteiger partial charge in [-0.05, 0) is 49.6 Å². The van der Waals surface area contributed by atoms with Crippen LogP contribution in [0.15, 0.2) is 53.4 Å². The van der Waals surface area contributed by atoms with Crippen molar-refractivity contribution in [3.05, 3.63) is 54.1 Å². The van der Waals surface area contributed by atoms with E-state index in [1.165, 1.54) is 0 Å². The molecule has 0 fully saturated rings. The van der Waals surface area contributed by atoms with Crippen LogP contribution in [-0.4, -0.2) is 17.8 Å². The number of thioether (sulfide) groups is 1. The van der Waals surface area contributed by atoms with Crippen LogP contribution in [0.3, 0.4) is 0 Å². The zero-order valence-electron chi connectivity index (χ0n) is 12.5. The molecule has 0 N–H and O–H groups in total. The number of fused-ring (bicyclic) bond motifs is 1. The SMILES string of the molecule is CC(C=O)(CCc1ccc2c(c1)OCO2)Sc1ccccc1. The zero-order valence-corrected chi connectivity index (χ0v) is 13.3. The molecule has 22 heavy (non-hydrogen) atoms. The van der Waals surface area contributed by atoms with Gasteiger partial charge in [0.05, 0.1) is 4.75 Å². The van der Waals surface area contributed by atoms with Gasteiger partial charge >= 0.3 is 0 Å². The van der Waals surface area contributed by atoms with Crippen molar-refractivity contribution >= 4 is 18.0 Å². The summed E-state index contributed by atoms with van der Waals surface area (Å²) in [6.45, 7) is 2.28. The molecule has 4 heteroatoms. The first-order chi connectivity index (χ1) is 10.7. The van der Waals surface area contributed by atoms with Gasteiger partial charge in [0.15, 0.2) is 11.5 Å². The predicted molar refractivity (Wildman–Crippen MR) is 87.7 cm³/mol. The predicted octanol–water partition coefficient (Wildman–Crippen LogP) is 4.10. The fraction of sp³-hybridized carbons (Fsp3) is 0.278. The molecule has 0 aromatic heterocycles. The fourth-order valence-corrected chi connectivity index (χ4v) is 3.46. The first-order valence-corrected chi connectivity index (χ1v) is 8.09. The molecule has 0 radical (unpaired) electrons. The molecule has 1 aliphatic rings. The number of rotatable bonds is 6. The van der Waals surface area contributed by atoms with E-state index < -0.39 is 4.75 Å². The van der Waals surface area contributed by atoms with Crippen LogP contribution in [-0.2, 0) is 11.2 Å². The number of hydrogen-bond donors (Lipinski definition) is 0. The summed E-state index contributed by atoms with van der Waals surface area (Å²) in [5.41, 5.74) is 1.16. The molecule has 0 aliphatic carbocycles. The maximum absolute atomic E-state index is 11.6. The summed E-state index contributed by atoms with van der Waals surface area (Å²) in [4.78, 5) is 12.7. The molecule has 3 rings (SSSR count). The van der Waals surface area contributed by atoms with Gasteiger partial charge < -0.3 is 14.3 Å². The Balaban J connectivity index is 1.66. The highest BCUT2D eigenvalue weighted by atomic mass is 32.2. The van der Waals surface area contributed by atoms with Crippen LogP contribution in [0.4, 0.5) is 0 Å². The molecular weight excluding hydrogens is 296 g/mol. The Kier molecular flexibility index (Phi) is 4.39. The lowest BCUT2D eigenvalue weighted by Crippen LogP contribution is -2.22. The molecule has 1 atom stereocenters. The van der Waals surface area contributed by atoms with Gasteiger partial charge in [-0.25, -0.2) is 0 Å². The average Bonchev–Trinajstić information content (AvgIpc) is 3.01. The monoisotopic (exact) mass is 314 g/mol. The smallest absolute Gasteiger partial charge is 0.231 e. The highest BCUT2D eigenvalue weighted by Gasteiger charge is 2.25. The maximum Gasteiger partial charge on any atom is 0.231 e. The average molecular weight is 314 g/mol. The lowest BCUT2D eigenvalue weighted by Gasteiger charge is -2.22. The Labute approximate surface area is 134 Å². The van der Waals surface area contributed by atoms with Crippen LogP contribution in [0.5, 0.6) is 11.5 Å². The highest BCUT2D eigenvalue weighted by Crippen LogP contribution is 2.36. The molecule has 0 spiro atoms. The fourth-order valence-electron chi connectivity index (χ4n) is 2.38. The van der Waals surface area contributed by atoms with Crippen LogP contribution in [0.2, 0.25) is 0 Å². The van der Waals surface area contributed by atoms with Crippen LogP contribution in [0.1, 0.15) is 18.9 Å². The highest BCUT2D eigenvalue weighted by molar-refractivity contribution is 8.01. The van der Waals surface area contributed by atoms with Crippen LogP contribution in [0.25, 0.3) is 0 Å². The normalized spacial score (nSPS) is 15.3. The van der Waals surface area contributed by atoms with E-state index in [0.29, 0.717) is 0 Å². The number of ether oxygens (including phenoxy) is 2. The van der Waals surface area contributed by atoms with E-state index in [2.05, 4.69) is 0 Å². The van der Waals surface area contributed by atoms with Crippen molar-refractivity contribution < 1.29 is 14.3 Å². The first kappa shape index (κ1) is 15.0. The molecule has 2 aromatic carbocycles. The van der Waals surface area contributed by atoms with Crippen LogP contribution in [0, 0.1) is 0 Å². The largest absolute Gasteiger partial charge is 0.454 e. The Hall–Kier alpha value is -1.94. The van der Waals surface area contributed by atoms with E-state index >= 15 is 0 Å². The number of benzene rings is 2. The summed E-state index contributed by atoms with van der Waals surface area (Å²) in [6, 6.07) is 16.0. The van der Waals surface area contributed by atoms with Gasteiger partial charge in [0.1, 0.15) is 6.29 Å². The number of aryl methyl sites for hydroxylation is 1. The van der Waals surface area contributed by atoms with E-state index in [1.807, 2.05) is 55.5 Å². The van der Waals surface area contributed by atoms with E-state index in [1.54, 1.807) is 11.8 Å². The number of carbonyl (C=O) groups is 1. The summed E-state index contributed by atoms with van der Waals surface area (Å²) in [6.07, 6.45) is 2.65. The molecule has 1 heterocycles. The minimum atomic E-state index is -0.433. The quantitative estimate of drug-likeness (QED) is 0.594. The Morgan fingerprint density at radius 3 is 2.68 bits per heavy atom. The minimum Gasteiger partial charge on any atom is -0.454 e. The van der Waals surface area contributed by atoms with Crippen molar-refractivity contribution in [3.8, 4) is 11.5 Å². The third kappa shape index (κ3) is 3.45. The Bertz CT molecular complexity index is 657. The molecule has 1 aliphatic heterocycles. The number of carbonyl (C=O) groups excluding carboxylic acids is 1. The summed E-state index contributed by atoms with van der Waals surface area (Å²) in [5.74, 6) is 1.58. The molecule has 114 valence electrons. The molecular formula is C18H18O3S. The second-order valence-electron chi connectivity index (χ2n) is 5.53. The van der Waals surface area contributed by atoms with Gasteiger partial charge in [0, 0.05) is 4.90 Å². The van der Waals surface area contributed by atoms with Gasteiger partial charge in [0.25, 0.3) is 0 Å². The lowest BCUT2D eigenvalue weighted by molar-refractivity contribution is -0.109. The second kappa shape index (κ2) is 6.44. The van der Waals surface area contributed by atoms with E-state index in [9.17, 15) is 4.79 Å². The van der Waals surface area contributed by atoms with Gasteiger partial charge in [-0.3, -0.25) is 0 Å². The summed E-state index contributed by atoms with van der Waals surface area (Å²) < 4.78 is 10.3. The van der Waals surface area contributed by atoms with Crippen molar-refractivity contribution in [3.63, 3.8) is 0 Å². The van der Waals surface area contributed by atoms with Gasteiger partial charge in [-0.2, -0.15) is 0 Å². The molecule has 1 unspecified atom stereocenters. The van der Waals surface area contributed by atoms with Gasteiger partial charge in [-0.1, -0.05) is 24.3 Å². The Morgan fingerprint density at radius 2 is 1.91 bits per heavy atom. The molecule has 0 saturated heterocycles. The van der Waals surface area contributed by atoms with Crippen molar-refractivity contribution in [1.82, 2.24) is 0 Å². The van der Waals surface area contributed by atoms with Crippen molar-refractivity contribution in [2.45, 2.75) is 29.4 Å². The third-order valence-electron chi connectivity index (χ3n) is 3.69. The third-order valence-corrected chi connectivity index (χ3v) is 4.97. The molecule has 0 amide bonds. The van der Waals surface area contributed by atoms with Crippen LogP contribution < -0.4 is 9.47 Å². The van der Waals surface area contributed by atoms with E-state index in [-0.39, 0.29) is 6.79 Å². The second-order valence-corrected chi connectivity index (χ2v) is 7.14. The van der Waals surface area contributed by atoms with E-state index in [0.717, 1.165) is 41.1 Å². The van der Waals surface area contributed by atoms with Crippen molar-refractivity contribution in [2.24, 2.45) is 0 Å². The topological polar surface area (TPSA) is 35.5 Å². The molecule has 2 aromatic rings. The lowest BCUT2D eigenvalue weighted by atomic mass is 10.0. The zero-order chi connectivity index (χ0) is 15.4. The number of aldehydes is 1. The molecule has 3 nitrogen and oxygen atoms in total. The van der Waals surface area contributed by atoms with Crippen LogP contribution >= 0.6 is 11.8 Å². The summed E-state index contributed by atoms with van der Waals surface area (Å²) >= 11 is 1.61. The summed E-state index contributed by atoms with van der Waals surface area (Å²) in [5, 5.41) is 0. The first-order valence-electron chi connectivity index (χ1n) is 7.27. The van der Waals surface area contributed by atoms with Crippen molar-refractivity contribution in [1.29, 1.82) is 0 Å². The minimum absolute atomic E-state index is 0.286. The van der Waals surface area contributed by atoms with E-state index in [4.69, 9.17) is 9.47 Å². The molecule has 0 saturated carbocycles. The standard InChI is InChI=1S/C18H18O3S/c1-18(12-19,22-15-5-3-2-4-6-15)10-9-14-7-8-16-17(11-14)21-13-20-16/h2-8,11-12H,9-10,13H2,1H3.